The minimum Gasteiger partial charge on any atom is -0.494 e. The Morgan fingerprint density at radius 2 is 1.68 bits per heavy atom. The van der Waals surface area contributed by atoms with Crippen molar-refractivity contribution in [2.24, 2.45) is 0 Å². The van der Waals surface area contributed by atoms with E-state index in [1.54, 1.807) is 0 Å². The van der Waals surface area contributed by atoms with Crippen LogP contribution in [0.15, 0.2) is 24.3 Å². The molecule has 0 N–H and O–H groups in total. The summed E-state index contributed by atoms with van der Waals surface area (Å²) in [6.45, 7) is 8.68. The Balaban J connectivity index is 1.68. The average molecular weight is 303 g/mol. The Kier molecular flexibility index (Phi) is 6.31. The molecule has 0 heterocycles. The van der Waals surface area contributed by atoms with E-state index in [9.17, 15) is 0 Å². The zero-order chi connectivity index (χ0) is 16.0. The molecule has 124 valence electrons. The van der Waals surface area contributed by atoms with Crippen LogP contribution in [0.1, 0.15) is 64.9 Å². The van der Waals surface area contributed by atoms with Gasteiger partial charge in [0.25, 0.3) is 0 Å². The van der Waals surface area contributed by atoms with Crippen molar-refractivity contribution in [2.75, 3.05) is 20.2 Å². The second-order valence-electron chi connectivity index (χ2n) is 7.75. The van der Waals surface area contributed by atoms with Crippen LogP contribution >= 0.6 is 0 Å². The summed E-state index contributed by atoms with van der Waals surface area (Å²) in [6, 6.07) is 9.38. The molecule has 22 heavy (non-hydrogen) atoms. The zero-order valence-electron chi connectivity index (χ0n) is 14.9. The van der Waals surface area contributed by atoms with E-state index in [0.29, 0.717) is 0 Å². The second-order valence-corrected chi connectivity index (χ2v) is 7.75. The van der Waals surface area contributed by atoms with Gasteiger partial charge in [0.05, 0.1) is 6.61 Å². The third kappa shape index (κ3) is 5.31. The van der Waals surface area contributed by atoms with Crippen LogP contribution in [0.5, 0.6) is 5.75 Å². The number of ether oxygens (including phenoxy) is 1. The Labute approximate surface area is 136 Å². The molecule has 1 fully saturated rings. The lowest BCUT2D eigenvalue weighted by molar-refractivity contribution is 0.177. The topological polar surface area (TPSA) is 12.5 Å². The van der Waals surface area contributed by atoms with Gasteiger partial charge in [-0.05, 0) is 49.4 Å². The number of hydrogen-bond donors (Lipinski definition) is 0. The first-order valence-corrected chi connectivity index (χ1v) is 8.90. The summed E-state index contributed by atoms with van der Waals surface area (Å²) in [5.74, 6) is 0.994. The van der Waals surface area contributed by atoms with Crippen LogP contribution < -0.4 is 4.74 Å². The van der Waals surface area contributed by atoms with Gasteiger partial charge >= 0.3 is 0 Å². The molecule has 1 aromatic carbocycles. The molecule has 1 aliphatic rings. The van der Waals surface area contributed by atoms with E-state index in [-0.39, 0.29) is 5.41 Å². The molecule has 0 unspecified atom stereocenters. The van der Waals surface area contributed by atoms with Crippen molar-refractivity contribution < 1.29 is 4.74 Å². The van der Waals surface area contributed by atoms with E-state index in [1.807, 2.05) is 0 Å². The highest BCUT2D eigenvalue weighted by Crippen LogP contribution is 2.24. The lowest BCUT2D eigenvalue weighted by atomic mass is 9.87. The van der Waals surface area contributed by atoms with Crippen molar-refractivity contribution in [3.63, 3.8) is 0 Å². The monoisotopic (exact) mass is 303 g/mol. The van der Waals surface area contributed by atoms with E-state index in [2.05, 4.69) is 57.0 Å². The Morgan fingerprint density at radius 1 is 1.05 bits per heavy atom. The van der Waals surface area contributed by atoms with Gasteiger partial charge in [0.2, 0.25) is 0 Å². The maximum Gasteiger partial charge on any atom is 0.119 e. The minimum atomic E-state index is 0.210. The second kappa shape index (κ2) is 8.01. The molecule has 2 heteroatoms. The molecule has 0 aliphatic heterocycles. The zero-order valence-corrected chi connectivity index (χ0v) is 14.9. The van der Waals surface area contributed by atoms with Gasteiger partial charge in [-0.2, -0.15) is 0 Å². The number of hydrogen-bond acceptors (Lipinski definition) is 2. The fourth-order valence-electron chi connectivity index (χ4n) is 3.26. The first kappa shape index (κ1) is 17.3. The molecule has 0 bridgehead atoms. The van der Waals surface area contributed by atoms with Crippen LogP contribution in [-0.2, 0) is 5.41 Å². The van der Waals surface area contributed by atoms with Crippen molar-refractivity contribution in [1.82, 2.24) is 4.90 Å². The van der Waals surface area contributed by atoms with E-state index < -0.39 is 0 Å². The molecule has 1 saturated carbocycles. The lowest BCUT2D eigenvalue weighted by Gasteiger charge is -2.31. The maximum atomic E-state index is 5.88. The largest absolute Gasteiger partial charge is 0.494 e. The number of benzene rings is 1. The molecule has 0 amide bonds. The van der Waals surface area contributed by atoms with E-state index in [4.69, 9.17) is 4.74 Å². The van der Waals surface area contributed by atoms with Gasteiger partial charge in [-0.25, -0.2) is 0 Å². The third-order valence-electron chi connectivity index (χ3n) is 4.84. The molecule has 0 saturated heterocycles. The highest BCUT2D eigenvalue weighted by atomic mass is 16.5. The highest BCUT2D eigenvalue weighted by Gasteiger charge is 2.17. The van der Waals surface area contributed by atoms with Crippen LogP contribution in [0.25, 0.3) is 0 Å². The summed E-state index contributed by atoms with van der Waals surface area (Å²) < 4.78 is 5.88. The minimum absolute atomic E-state index is 0.210. The fourth-order valence-corrected chi connectivity index (χ4v) is 3.26. The van der Waals surface area contributed by atoms with Gasteiger partial charge in [-0.3, -0.25) is 0 Å². The van der Waals surface area contributed by atoms with Crippen molar-refractivity contribution in [2.45, 2.75) is 70.8 Å². The molecule has 0 aromatic heterocycles. The SMILES string of the molecule is CN(CCCOc1ccc(C(C)(C)C)cc1)C1CCCCC1. The van der Waals surface area contributed by atoms with Crippen LogP contribution in [0.2, 0.25) is 0 Å². The molecule has 0 atom stereocenters. The van der Waals surface area contributed by atoms with E-state index in [1.165, 1.54) is 37.7 Å². The lowest BCUT2D eigenvalue weighted by Crippen LogP contribution is -2.34. The Morgan fingerprint density at radius 3 is 2.27 bits per heavy atom. The molecule has 2 nitrogen and oxygen atoms in total. The van der Waals surface area contributed by atoms with E-state index >= 15 is 0 Å². The summed E-state index contributed by atoms with van der Waals surface area (Å²) in [5, 5.41) is 0. The van der Waals surface area contributed by atoms with Gasteiger partial charge in [-0.15, -0.1) is 0 Å². The summed E-state index contributed by atoms with van der Waals surface area (Å²) in [7, 11) is 2.27. The van der Waals surface area contributed by atoms with Crippen LogP contribution in [0.3, 0.4) is 0 Å². The third-order valence-corrected chi connectivity index (χ3v) is 4.84. The molecular weight excluding hydrogens is 270 g/mol. The Hall–Kier alpha value is -1.02. The van der Waals surface area contributed by atoms with Gasteiger partial charge in [0.1, 0.15) is 5.75 Å². The summed E-state index contributed by atoms with van der Waals surface area (Å²) in [5.41, 5.74) is 1.57. The molecule has 1 aliphatic carbocycles. The smallest absolute Gasteiger partial charge is 0.119 e. The van der Waals surface area contributed by atoms with Gasteiger partial charge in [0.15, 0.2) is 0 Å². The summed E-state index contributed by atoms with van der Waals surface area (Å²) in [4.78, 5) is 2.53. The van der Waals surface area contributed by atoms with E-state index in [0.717, 1.165) is 31.4 Å². The quantitative estimate of drug-likeness (QED) is 0.684. The van der Waals surface area contributed by atoms with Crippen LogP contribution in [-0.4, -0.2) is 31.1 Å². The van der Waals surface area contributed by atoms with Crippen LogP contribution in [0.4, 0.5) is 0 Å². The first-order chi connectivity index (χ1) is 10.5. The van der Waals surface area contributed by atoms with Gasteiger partial charge in [0, 0.05) is 12.6 Å². The fraction of sp³-hybridized carbons (Fsp3) is 0.700. The van der Waals surface area contributed by atoms with Crippen molar-refractivity contribution >= 4 is 0 Å². The van der Waals surface area contributed by atoms with Crippen molar-refractivity contribution in [1.29, 1.82) is 0 Å². The molecular formula is C20H33NO. The van der Waals surface area contributed by atoms with Gasteiger partial charge in [-0.1, -0.05) is 52.2 Å². The number of rotatable bonds is 6. The first-order valence-electron chi connectivity index (χ1n) is 8.90. The molecule has 2 rings (SSSR count). The molecule has 0 radical (unpaired) electrons. The van der Waals surface area contributed by atoms with Gasteiger partial charge < -0.3 is 9.64 Å². The predicted octanol–water partition coefficient (Wildman–Crippen LogP) is 5.02. The Bertz CT molecular complexity index is 426. The normalized spacial score (nSPS) is 17.0. The molecule has 1 aromatic rings. The highest BCUT2D eigenvalue weighted by molar-refractivity contribution is 5.31. The summed E-state index contributed by atoms with van der Waals surface area (Å²) in [6.07, 6.45) is 8.11. The average Bonchev–Trinajstić information content (AvgIpc) is 2.52. The maximum absolute atomic E-state index is 5.88. The predicted molar refractivity (Wildman–Crippen MR) is 94.8 cm³/mol. The van der Waals surface area contributed by atoms with Crippen molar-refractivity contribution in [3.8, 4) is 5.75 Å². The van der Waals surface area contributed by atoms with Crippen molar-refractivity contribution in [3.05, 3.63) is 29.8 Å². The van der Waals surface area contributed by atoms with Crippen LogP contribution in [0, 0.1) is 0 Å². The summed E-state index contributed by atoms with van der Waals surface area (Å²) >= 11 is 0. The standard InChI is InChI=1S/C20H33NO/c1-20(2,3)17-11-13-19(14-12-17)22-16-8-15-21(4)18-9-6-5-7-10-18/h11-14,18H,5-10,15-16H2,1-4H3. The number of nitrogens with zero attached hydrogens (tertiary/aromatic N) is 1. The molecule has 0 spiro atoms.